The fourth-order valence-electron chi connectivity index (χ4n) is 1.28. The molecular weight excluding hydrogens is 190 g/mol. The summed E-state index contributed by atoms with van der Waals surface area (Å²) in [6.45, 7) is 2.50. The van der Waals surface area contributed by atoms with Crippen LogP contribution in [-0.4, -0.2) is 18.3 Å². The van der Waals surface area contributed by atoms with Crippen LogP contribution in [0, 0.1) is 0 Å². The highest BCUT2D eigenvalue weighted by molar-refractivity contribution is 6.16. The molecule has 0 aromatic heterocycles. The van der Waals surface area contributed by atoms with Crippen molar-refractivity contribution in [1.29, 1.82) is 0 Å². The number of rotatable bonds is 2. The monoisotopic (exact) mass is 202 g/mol. The van der Waals surface area contributed by atoms with E-state index >= 15 is 0 Å². The molecule has 1 aliphatic rings. The van der Waals surface area contributed by atoms with Gasteiger partial charge in [0.1, 0.15) is 5.71 Å². The van der Waals surface area contributed by atoms with Crippen LogP contribution in [0.15, 0.2) is 41.1 Å². The third-order valence-electron chi connectivity index (χ3n) is 1.95. The number of carbonyl (C=O) groups excluding carboxylic acids is 1. The number of benzene rings is 1. The third-order valence-corrected chi connectivity index (χ3v) is 1.95. The van der Waals surface area contributed by atoms with Crippen LogP contribution in [0.3, 0.4) is 0 Å². The number of hydrogen-bond donors (Lipinski definition) is 2. The van der Waals surface area contributed by atoms with Gasteiger partial charge in [0, 0.05) is 12.5 Å². The van der Waals surface area contributed by atoms with Gasteiger partial charge < -0.3 is 0 Å². The van der Waals surface area contributed by atoms with E-state index in [1.807, 2.05) is 37.3 Å². The first-order valence-electron chi connectivity index (χ1n) is 4.81. The van der Waals surface area contributed by atoms with Crippen molar-refractivity contribution in [3.63, 3.8) is 0 Å². The molecule has 0 bridgehead atoms. The topological polar surface area (TPSA) is 47.7 Å². The summed E-state index contributed by atoms with van der Waals surface area (Å²) in [6.07, 6.45) is 0. The lowest BCUT2D eigenvalue weighted by molar-refractivity contribution is 0.127. The molecule has 0 aliphatic carbocycles. The summed E-state index contributed by atoms with van der Waals surface area (Å²) in [5.74, 6) is 2.79. The van der Waals surface area contributed by atoms with E-state index in [0.717, 1.165) is 17.0 Å². The summed E-state index contributed by atoms with van der Waals surface area (Å²) in [7, 11) is 0. The highest BCUT2D eigenvalue weighted by Crippen LogP contribution is 2.07. The lowest BCUT2D eigenvalue weighted by Crippen LogP contribution is -2.21. The summed E-state index contributed by atoms with van der Waals surface area (Å²) >= 11 is 0. The zero-order chi connectivity index (χ0) is 10.5. The maximum absolute atomic E-state index is 5.10. The van der Waals surface area contributed by atoms with E-state index in [1.165, 1.54) is 0 Å². The zero-order valence-electron chi connectivity index (χ0n) is 8.45. The highest BCUT2D eigenvalue weighted by Gasteiger charge is 2.18. The molecule has 1 aliphatic heterocycles. The largest absolute Gasteiger partial charge is 0.374 e. The molecule has 0 saturated heterocycles. The Labute approximate surface area is 88.0 Å². The Morgan fingerprint density at radius 3 is 2.87 bits per heavy atom. The molecule has 4 heteroatoms. The summed E-state index contributed by atoms with van der Waals surface area (Å²) in [6, 6.07) is 9.88. The molecule has 0 fully saturated rings. The van der Waals surface area contributed by atoms with Gasteiger partial charge in [0.05, 0.1) is 0 Å². The average molecular weight is 202 g/mol. The summed E-state index contributed by atoms with van der Waals surface area (Å²) in [4.78, 5) is 0. The lowest BCUT2D eigenvalue weighted by atomic mass is 10.1. The third kappa shape index (κ3) is 2.06. The molecule has 4 nitrogen and oxygen atoms in total. The van der Waals surface area contributed by atoms with E-state index in [-0.39, 0.29) is 0 Å². The fraction of sp³-hybridized carbons (Fsp3) is 0.182. The molecule has 0 unspecified atom stereocenters. The Bertz CT molecular complexity index is 430. The second-order valence-electron chi connectivity index (χ2n) is 2.97. The van der Waals surface area contributed by atoms with Gasteiger partial charge in [0.25, 0.3) is 6.61 Å². The van der Waals surface area contributed by atoms with Crippen LogP contribution >= 0.6 is 0 Å². The van der Waals surface area contributed by atoms with Gasteiger partial charge in [-0.3, -0.25) is 5.43 Å². The van der Waals surface area contributed by atoms with Crippen LogP contribution in [0.5, 0.6) is 0 Å². The summed E-state index contributed by atoms with van der Waals surface area (Å²) < 4.78 is 5.10. The van der Waals surface area contributed by atoms with E-state index < -0.39 is 0 Å². The number of hydrogen-bond acceptors (Lipinski definition) is 3. The molecule has 0 radical (unpaired) electrons. The first-order chi connectivity index (χ1) is 7.42. The standard InChI is InChI=1S/C11H12N3O/c1-2-15-8-10-11(13-14-12-10)9-6-4-3-5-7-9/h3-7,12,14H,2H2,1H3/q+1. The van der Waals surface area contributed by atoms with E-state index in [9.17, 15) is 0 Å². The molecule has 2 rings (SSSR count). The number of nitrogens with zero attached hydrogens (tertiary/aromatic N) is 1. The Kier molecular flexibility index (Phi) is 2.81. The Balaban J connectivity index is 2.34. The second-order valence-corrected chi connectivity index (χ2v) is 2.97. The van der Waals surface area contributed by atoms with Crippen LogP contribution in [-0.2, 0) is 4.42 Å². The van der Waals surface area contributed by atoms with Crippen LogP contribution < -0.4 is 11.0 Å². The highest BCUT2D eigenvalue weighted by atomic mass is 16.4. The van der Waals surface area contributed by atoms with Crippen molar-refractivity contribution in [3.05, 3.63) is 41.6 Å². The quantitative estimate of drug-likeness (QED) is 0.549. The van der Waals surface area contributed by atoms with Gasteiger partial charge in [-0.15, -0.1) is 0 Å². The predicted octanol–water partition coefficient (Wildman–Crippen LogP) is 0.770. The van der Waals surface area contributed by atoms with Crippen molar-refractivity contribution >= 4 is 11.7 Å². The Hall–Kier alpha value is -2.06. The first kappa shape index (κ1) is 9.49. The normalized spacial score (nSPS) is 13.7. The van der Waals surface area contributed by atoms with Gasteiger partial charge in [0.2, 0.25) is 5.70 Å². The maximum Gasteiger partial charge on any atom is 0.374 e. The molecule has 2 N–H and O–H groups in total. The number of allylic oxidation sites excluding steroid dienone is 1. The molecule has 0 spiro atoms. The summed E-state index contributed by atoms with van der Waals surface area (Å²) in [5, 5.41) is 4.12. The van der Waals surface area contributed by atoms with Crippen molar-refractivity contribution in [2.75, 3.05) is 6.61 Å². The number of hydrazone groups is 1. The Morgan fingerprint density at radius 1 is 1.33 bits per heavy atom. The maximum atomic E-state index is 5.10. The van der Waals surface area contributed by atoms with Crippen molar-refractivity contribution in [1.82, 2.24) is 11.0 Å². The van der Waals surface area contributed by atoms with Crippen LogP contribution in [0.4, 0.5) is 0 Å². The van der Waals surface area contributed by atoms with Gasteiger partial charge in [-0.1, -0.05) is 30.3 Å². The molecular formula is C11H12N3O+. The van der Waals surface area contributed by atoms with Crippen molar-refractivity contribution in [3.8, 4) is 0 Å². The molecule has 1 aromatic rings. The molecule has 76 valence electrons. The minimum absolute atomic E-state index is 0.591. The molecule has 1 aromatic carbocycles. The summed E-state index contributed by atoms with van der Waals surface area (Å²) in [5.41, 5.74) is 8.11. The van der Waals surface area contributed by atoms with Gasteiger partial charge in [0.15, 0.2) is 0 Å². The van der Waals surface area contributed by atoms with E-state index in [1.54, 1.807) is 0 Å². The van der Waals surface area contributed by atoms with Crippen molar-refractivity contribution < 1.29 is 4.42 Å². The minimum Gasteiger partial charge on any atom is -0.268 e. The fourth-order valence-corrected chi connectivity index (χ4v) is 1.28. The molecule has 0 amide bonds. The lowest BCUT2D eigenvalue weighted by Gasteiger charge is -1.95. The second kappa shape index (κ2) is 4.44. The molecule has 15 heavy (non-hydrogen) atoms. The smallest absolute Gasteiger partial charge is 0.268 e. The zero-order valence-corrected chi connectivity index (χ0v) is 8.45. The van der Waals surface area contributed by atoms with Gasteiger partial charge in [-0.2, -0.15) is 5.10 Å². The van der Waals surface area contributed by atoms with Crippen LogP contribution in [0.25, 0.3) is 0 Å². The SMILES string of the molecule is CC[O+]=C=C1NNN=C1c1ccccc1. The van der Waals surface area contributed by atoms with Gasteiger partial charge in [-0.25, -0.2) is 9.96 Å². The average Bonchev–Trinajstić information content (AvgIpc) is 2.75. The number of nitrogens with one attached hydrogen (secondary N) is 2. The van der Waals surface area contributed by atoms with E-state index in [0.29, 0.717) is 6.61 Å². The van der Waals surface area contributed by atoms with Crippen molar-refractivity contribution in [2.24, 2.45) is 5.10 Å². The predicted molar refractivity (Wildman–Crippen MR) is 59.0 cm³/mol. The molecule has 1 heterocycles. The molecule has 0 saturated carbocycles. The van der Waals surface area contributed by atoms with Gasteiger partial charge >= 0.3 is 5.94 Å². The minimum atomic E-state index is 0.591. The number of hydrazine groups is 1. The van der Waals surface area contributed by atoms with Crippen LogP contribution in [0.2, 0.25) is 0 Å². The Morgan fingerprint density at radius 2 is 2.13 bits per heavy atom. The first-order valence-corrected chi connectivity index (χ1v) is 4.81. The van der Waals surface area contributed by atoms with Crippen molar-refractivity contribution in [2.45, 2.75) is 6.92 Å². The van der Waals surface area contributed by atoms with E-state index in [2.05, 4.69) is 22.0 Å². The van der Waals surface area contributed by atoms with Crippen LogP contribution in [0.1, 0.15) is 12.5 Å². The molecule has 0 atom stereocenters. The van der Waals surface area contributed by atoms with Gasteiger partial charge in [-0.05, 0) is 0 Å². The van der Waals surface area contributed by atoms with E-state index in [4.69, 9.17) is 4.42 Å².